The van der Waals surface area contributed by atoms with Crippen LogP contribution in [-0.4, -0.2) is 29.3 Å². The molecule has 3 rings (SSSR count). The highest BCUT2D eigenvalue weighted by Crippen LogP contribution is 2.21. The van der Waals surface area contributed by atoms with Crippen molar-refractivity contribution < 1.29 is 9.59 Å². The van der Waals surface area contributed by atoms with E-state index in [0.717, 1.165) is 29.5 Å². The first-order valence-corrected chi connectivity index (χ1v) is 12.3. The fourth-order valence-electron chi connectivity index (χ4n) is 3.80. The van der Waals surface area contributed by atoms with Crippen LogP contribution in [0.1, 0.15) is 36.5 Å². The molecule has 6 heteroatoms. The third kappa shape index (κ3) is 7.61. The van der Waals surface area contributed by atoms with E-state index in [-0.39, 0.29) is 24.8 Å². The fourth-order valence-corrected chi connectivity index (χ4v) is 4.21. The van der Waals surface area contributed by atoms with Gasteiger partial charge in [0.1, 0.15) is 6.04 Å². The molecule has 4 nitrogen and oxygen atoms in total. The molecular weight excluding hydrogens is 467 g/mol. The first-order valence-electron chi connectivity index (χ1n) is 11.6. The number of rotatable bonds is 11. The molecule has 0 aliphatic heterocycles. The maximum atomic E-state index is 13.7. The highest BCUT2D eigenvalue weighted by molar-refractivity contribution is 6.31. The van der Waals surface area contributed by atoms with Crippen molar-refractivity contribution in [3.63, 3.8) is 0 Å². The zero-order chi connectivity index (χ0) is 24.3. The van der Waals surface area contributed by atoms with Crippen molar-refractivity contribution in [2.24, 2.45) is 0 Å². The smallest absolute Gasteiger partial charge is 0.243 e. The molecule has 0 bridgehead atoms. The van der Waals surface area contributed by atoms with Gasteiger partial charge in [-0.3, -0.25) is 9.59 Å². The molecule has 3 aromatic carbocycles. The van der Waals surface area contributed by atoms with E-state index in [2.05, 4.69) is 12.2 Å². The lowest BCUT2D eigenvalue weighted by molar-refractivity contribution is -0.140. The Morgan fingerprint density at radius 3 is 2.32 bits per heavy atom. The number of unbranched alkanes of at least 4 members (excludes halogenated alkanes) is 1. The molecule has 0 fully saturated rings. The summed E-state index contributed by atoms with van der Waals surface area (Å²) in [6.07, 6.45) is 2.37. The number of nitrogens with zero attached hydrogens (tertiary/aromatic N) is 1. The van der Waals surface area contributed by atoms with Crippen molar-refractivity contribution in [3.05, 3.63) is 106 Å². The molecule has 0 aliphatic carbocycles. The molecule has 2 amide bonds. The van der Waals surface area contributed by atoms with Gasteiger partial charge in [0.15, 0.2) is 0 Å². The van der Waals surface area contributed by atoms with Crippen molar-refractivity contribution in [1.29, 1.82) is 0 Å². The van der Waals surface area contributed by atoms with Crippen LogP contribution >= 0.6 is 23.2 Å². The highest BCUT2D eigenvalue weighted by atomic mass is 35.5. The van der Waals surface area contributed by atoms with Crippen LogP contribution in [0.2, 0.25) is 10.0 Å². The first-order chi connectivity index (χ1) is 16.5. The predicted molar refractivity (Wildman–Crippen MR) is 139 cm³/mol. The van der Waals surface area contributed by atoms with Gasteiger partial charge in [-0.15, -0.1) is 0 Å². The van der Waals surface area contributed by atoms with Gasteiger partial charge in [-0.2, -0.15) is 0 Å². The third-order valence-corrected chi connectivity index (χ3v) is 6.25. The zero-order valence-electron chi connectivity index (χ0n) is 19.3. The van der Waals surface area contributed by atoms with Gasteiger partial charge in [0.2, 0.25) is 11.8 Å². The average molecular weight is 497 g/mol. The molecule has 34 heavy (non-hydrogen) atoms. The Labute approximate surface area is 211 Å². The largest absolute Gasteiger partial charge is 0.354 e. The van der Waals surface area contributed by atoms with Crippen LogP contribution in [0.5, 0.6) is 0 Å². The Bertz CT molecular complexity index is 1090. The molecule has 0 saturated carbocycles. The van der Waals surface area contributed by atoms with Crippen LogP contribution in [0.3, 0.4) is 0 Å². The normalized spacial score (nSPS) is 11.6. The van der Waals surface area contributed by atoms with E-state index < -0.39 is 6.04 Å². The van der Waals surface area contributed by atoms with Gasteiger partial charge in [-0.05, 0) is 41.3 Å². The maximum absolute atomic E-state index is 13.7. The van der Waals surface area contributed by atoms with E-state index in [1.807, 2.05) is 66.7 Å². The molecule has 0 radical (unpaired) electrons. The third-order valence-electron chi connectivity index (χ3n) is 5.64. The van der Waals surface area contributed by atoms with E-state index in [1.54, 1.807) is 17.0 Å². The Kier molecular flexibility index (Phi) is 9.99. The van der Waals surface area contributed by atoms with Crippen LogP contribution in [0.15, 0.2) is 78.9 Å². The second kappa shape index (κ2) is 13.2. The SMILES string of the molecule is CCCCNC(=O)C(Cc1ccccc1)N(Cc1cccc(Cl)c1)C(=O)Cc1ccccc1Cl. The number of hydrogen-bond donors (Lipinski definition) is 1. The lowest BCUT2D eigenvalue weighted by Gasteiger charge is -2.32. The standard InChI is InChI=1S/C28H30Cl2N2O2/c1-2-3-16-31-28(34)26(18-21-10-5-4-6-11-21)32(20-22-12-9-14-24(29)17-22)27(33)19-23-13-7-8-15-25(23)30/h4-15,17,26H,2-3,16,18-20H2,1H3,(H,31,34). The second-order valence-electron chi connectivity index (χ2n) is 8.27. The minimum Gasteiger partial charge on any atom is -0.354 e. The molecule has 0 saturated heterocycles. The topological polar surface area (TPSA) is 49.4 Å². The summed E-state index contributed by atoms with van der Waals surface area (Å²) in [5, 5.41) is 4.15. The van der Waals surface area contributed by atoms with E-state index in [0.29, 0.717) is 23.0 Å². The van der Waals surface area contributed by atoms with Gasteiger partial charge < -0.3 is 10.2 Å². The van der Waals surface area contributed by atoms with Crippen molar-refractivity contribution in [1.82, 2.24) is 10.2 Å². The summed E-state index contributed by atoms with van der Waals surface area (Å²) in [5.74, 6) is -0.327. The Morgan fingerprint density at radius 1 is 0.912 bits per heavy atom. The molecule has 178 valence electrons. The van der Waals surface area contributed by atoms with E-state index in [1.165, 1.54) is 0 Å². The molecular formula is C28H30Cl2N2O2. The van der Waals surface area contributed by atoms with Gasteiger partial charge >= 0.3 is 0 Å². The van der Waals surface area contributed by atoms with Crippen LogP contribution in [0.4, 0.5) is 0 Å². The number of benzene rings is 3. The summed E-state index contributed by atoms with van der Waals surface area (Å²) in [4.78, 5) is 28.7. The molecule has 1 N–H and O–H groups in total. The van der Waals surface area contributed by atoms with Gasteiger partial charge in [-0.1, -0.05) is 97.2 Å². The summed E-state index contributed by atoms with van der Waals surface area (Å²) in [6.45, 7) is 2.92. The molecule has 1 atom stereocenters. The number of nitrogens with one attached hydrogen (secondary N) is 1. The van der Waals surface area contributed by atoms with Gasteiger partial charge in [-0.25, -0.2) is 0 Å². The number of halogens is 2. The summed E-state index contributed by atoms with van der Waals surface area (Å²) < 4.78 is 0. The Morgan fingerprint density at radius 2 is 1.62 bits per heavy atom. The van der Waals surface area contributed by atoms with Crippen LogP contribution in [-0.2, 0) is 29.0 Å². The molecule has 0 heterocycles. The first kappa shape index (κ1) is 25.8. The summed E-state index contributed by atoms with van der Waals surface area (Å²) in [7, 11) is 0. The zero-order valence-corrected chi connectivity index (χ0v) is 20.9. The van der Waals surface area contributed by atoms with Crippen molar-refractivity contribution in [3.8, 4) is 0 Å². The number of amides is 2. The minimum absolute atomic E-state index is 0.105. The van der Waals surface area contributed by atoms with Gasteiger partial charge in [0.25, 0.3) is 0 Å². The Hall–Kier alpha value is -2.82. The van der Waals surface area contributed by atoms with E-state index in [4.69, 9.17) is 23.2 Å². The van der Waals surface area contributed by atoms with Crippen LogP contribution in [0.25, 0.3) is 0 Å². The van der Waals surface area contributed by atoms with Crippen molar-refractivity contribution >= 4 is 35.0 Å². The van der Waals surface area contributed by atoms with E-state index >= 15 is 0 Å². The second-order valence-corrected chi connectivity index (χ2v) is 9.11. The fraction of sp³-hybridized carbons (Fsp3) is 0.286. The van der Waals surface area contributed by atoms with Crippen LogP contribution < -0.4 is 5.32 Å². The minimum atomic E-state index is -0.673. The summed E-state index contributed by atoms with van der Waals surface area (Å²) >= 11 is 12.6. The van der Waals surface area contributed by atoms with Crippen molar-refractivity contribution in [2.75, 3.05) is 6.54 Å². The molecule has 0 aromatic heterocycles. The predicted octanol–water partition coefficient (Wildman–Crippen LogP) is 6.09. The molecule has 0 spiro atoms. The molecule has 1 unspecified atom stereocenters. The van der Waals surface area contributed by atoms with E-state index in [9.17, 15) is 9.59 Å². The highest BCUT2D eigenvalue weighted by Gasteiger charge is 2.30. The van der Waals surface area contributed by atoms with Crippen molar-refractivity contribution in [2.45, 2.75) is 45.2 Å². The van der Waals surface area contributed by atoms with Crippen LogP contribution in [0, 0.1) is 0 Å². The Balaban J connectivity index is 1.95. The summed E-state index contributed by atoms with van der Waals surface area (Å²) in [5.41, 5.74) is 2.58. The monoisotopic (exact) mass is 496 g/mol. The van der Waals surface area contributed by atoms with Gasteiger partial charge in [0, 0.05) is 29.6 Å². The lowest BCUT2D eigenvalue weighted by Crippen LogP contribution is -2.51. The molecule has 3 aromatic rings. The average Bonchev–Trinajstić information content (AvgIpc) is 2.83. The maximum Gasteiger partial charge on any atom is 0.243 e. The summed E-state index contributed by atoms with van der Waals surface area (Å²) in [6, 6.07) is 23.8. The van der Waals surface area contributed by atoms with Gasteiger partial charge in [0.05, 0.1) is 6.42 Å². The number of carbonyl (C=O) groups excluding carboxylic acids is 2. The number of hydrogen-bond acceptors (Lipinski definition) is 2. The quantitative estimate of drug-likeness (QED) is 0.326. The lowest BCUT2D eigenvalue weighted by atomic mass is 10.0. The number of carbonyl (C=O) groups is 2. The molecule has 0 aliphatic rings.